The summed E-state index contributed by atoms with van der Waals surface area (Å²) >= 11 is 0. The topological polar surface area (TPSA) is 61.7 Å². The highest BCUT2D eigenvalue weighted by Gasteiger charge is 2.31. The van der Waals surface area contributed by atoms with Gasteiger partial charge in [0.2, 0.25) is 0 Å². The number of hydrogen-bond donors (Lipinski definition) is 1. The predicted octanol–water partition coefficient (Wildman–Crippen LogP) is 2.32. The molecule has 96 valence electrons. The van der Waals surface area contributed by atoms with Crippen LogP contribution in [0.15, 0.2) is 12.4 Å². The molecule has 0 radical (unpaired) electrons. The van der Waals surface area contributed by atoms with E-state index in [4.69, 9.17) is 10.7 Å². The summed E-state index contributed by atoms with van der Waals surface area (Å²) < 4.78 is 3.99. The molecule has 1 saturated carbocycles. The van der Waals surface area contributed by atoms with Gasteiger partial charge in [0, 0.05) is 30.8 Å². The number of anilines is 1. The molecule has 1 fully saturated rings. The van der Waals surface area contributed by atoms with Gasteiger partial charge in [-0.3, -0.25) is 4.68 Å². The number of aryl methyl sites for hydroxylation is 1. The second kappa shape index (κ2) is 3.86. The first-order valence-corrected chi connectivity index (χ1v) is 6.44. The lowest BCUT2D eigenvalue weighted by Gasteiger charge is -2.10. The van der Waals surface area contributed by atoms with Crippen LogP contribution in [0.4, 0.5) is 5.82 Å². The molecule has 5 nitrogen and oxygen atoms in total. The summed E-state index contributed by atoms with van der Waals surface area (Å²) in [6.07, 6.45) is 6.21. The fourth-order valence-corrected chi connectivity index (χ4v) is 2.34. The highest BCUT2D eigenvalue weighted by Crippen LogP contribution is 2.42. The number of nitrogen functional groups attached to an aromatic ring is 1. The minimum Gasteiger partial charge on any atom is -0.383 e. The molecule has 0 atom stereocenters. The molecule has 1 aliphatic carbocycles. The third-order valence-electron chi connectivity index (χ3n) is 3.38. The first kappa shape index (κ1) is 11.3. The SMILES string of the molecule is CC(C)c1nc(-c2cnn(C)c2)c(N)n1C1CC1. The van der Waals surface area contributed by atoms with E-state index in [1.165, 1.54) is 12.8 Å². The van der Waals surface area contributed by atoms with Crippen molar-refractivity contribution in [2.45, 2.75) is 38.6 Å². The zero-order chi connectivity index (χ0) is 12.9. The van der Waals surface area contributed by atoms with E-state index in [2.05, 4.69) is 23.5 Å². The normalized spacial score (nSPS) is 15.6. The van der Waals surface area contributed by atoms with Gasteiger partial charge in [-0.1, -0.05) is 13.8 Å². The molecule has 0 unspecified atom stereocenters. The Kier molecular flexibility index (Phi) is 2.43. The van der Waals surface area contributed by atoms with Crippen molar-refractivity contribution in [2.24, 2.45) is 7.05 Å². The second-order valence-electron chi connectivity index (χ2n) is 5.36. The van der Waals surface area contributed by atoms with Crippen molar-refractivity contribution >= 4 is 5.82 Å². The van der Waals surface area contributed by atoms with Crippen molar-refractivity contribution in [1.29, 1.82) is 0 Å². The molecule has 0 saturated heterocycles. The molecular formula is C13H19N5. The molecule has 0 aromatic carbocycles. The van der Waals surface area contributed by atoms with E-state index in [0.717, 1.165) is 22.9 Å². The van der Waals surface area contributed by atoms with Gasteiger partial charge in [-0.15, -0.1) is 0 Å². The summed E-state index contributed by atoms with van der Waals surface area (Å²) in [5, 5.41) is 4.19. The van der Waals surface area contributed by atoms with Gasteiger partial charge >= 0.3 is 0 Å². The Morgan fingerprint density at radius 3 is 2.61 bits per heavy atom. The molecule has 2 N–H and O–H groups in total. The van der Waals surface area contributed by atoms with Crippen LogP contribution in [0, 0.1) is 0 Å². The number of hydrogen-bond acceptors (Lipinski definition) is 3. The van der Waals surface area contributed by atoms with Crippen LogP contribution in [-0.2, 0) is 7.05 Å². The van der Waals surface area contributed by atoms with Crippen molar-refractivity contribution in [3.63, 3.8) is 0 Å². The van der Waals surface area contributed by atoms with Crippen LogP contribution in [0.1, 0.15) is 44.5 Å². The second-order valence-corrected chi connectivity index (χ2v) is 5.36. The molecule has 5 heteroatoms. The van der Waals surface area contributed by atoms with E-state index in [9.17, 15) is 0 Å². The summed E-state index contributed by atoms with van der Waals surface area (Å²) in [6, 6.07) is 0.556. The van der Waals surface area contributed by atoms with Gasteiger partial charge in [-0.25, -0.2) is 4.98 Å². The van der Waals surface area contributed by atoms with Crippen LogP contribution in [0.25, 0.3) is 11.3 Å². The maximum atomic E-state index is 6.29. The minimum absolute atomic E-state index is 0.387. The largest absolute Gasteiger partial charge is 0.383 e. The van der Waals surface area contributed by atoms with Crippen molar-refractivity contribution in [3.05, 3.63) is 18.2 Å². The summed E-state index contributed by atoms with van der Waals surface area (Å²) in [6.45, 7) is 4.32. The van der Waals surface area contributed by atoms with Crippen LogP contribution in [0.5, 0.6) is 0 Å². The molecule has 2 aromatic heterocycles. The standard InChI is InChI=1S/C13H19N5/c1-8(2)13-16-11(9-6-15-17(3)7-9)12(14)18(13)10-4-5-10/h6-8,10H,4-5,14H2,1-3H3. The third-order valence-corrected chi connectivity index (χ3v) is 3.38. The van der Waals surface area contributed by atoms with Gasteiger partial charge in [-0.05, 0) is 12.8 Å². The van der Waals surface area contributed by atoms with E-state index in [0.29, 0.717) is 12.0 Å². The fourth-order valence-electron chi connectivity index (χ4n) is 2.34. The molecule has 1 aliphatic rings. The first-order valence-electron chi connectivity index (χ1n) is 6.44. The van der Waals surface area contributed by atoms with E-state index in [1.807, 2.05) is 19.4 Å². The smallest absolute Gasteiger partial charge is 0.132 e. The van der Waals surface area contributed by atoms with E-state index in [-0.39, 0.29) is 0 Å². The first-order chi connectivity index (χ1) is 8.58. The lowest BCUT2D eigenvalue weighted by atomic mass is 10.2. The quantitative estimate of drug-likeness (QED) is 0.902. The van der Waals surface area contributed by atoms with Crippen LogP contribution in [-0.4, -0.2) is 19.3 Å². The molecule has 18 heavy (non-hydrogen) atoms. The summed E-state index contributed by atoms with van der Waals surface area (Å²) in [5.41, 5.74) is 8.16. The Morgan fingerprint density at radius 1 is 1.39 bits per heavy atom. The number of rotatable bonds is 3. The van der Waals surface area contributed by atoms with Crippen molar-refractivity contribution in [1.82, 2.24) is 19.3 Å². The van der Waals surface area contributed by atoms with Gasteiger partial charge < -0.3 is 10.3 Å². The molecule has 0 spiro atoms. The highest BCUT2D eigenvalue weighted by molar-refractivity contribution is 5.70. The van der Waals surface area contributed by atoms with Crippen molar-refractivity contribution < 1.29 is 0 Å². The molecule has 3 rings (SSSR count). The molecule has 0 amide bonds. The van der Waals surface area contributed by atoms with Gasteiger partial charge in [0.25, 0.3) is 0 Å². The zero-order valence-electron chi connectivity index (χ0n) is 11.1. The van der Waals surface area contributed by atoms with Crippen LogP contribution >= 0.6 is 0 Å². The van der Waals surface area contributed by atoms with Crippen molar-refractivity contribution in [3.8, 4) is 11.3 Å². The average Bonchev–Trinajstić information content (AvgIpc) is 2.96. The van der Waals surface area contributed by atoms with Gasteiger partial charge in [0.15, 0.2) is 0 Å². The average molecular weight is 245 g/mol. The summed E-state index contributed by atoms with van der Waals surface area (Å²) in [4.78, 5) is 4.74. The van der Waals surface area contributed by atoms with Crippen LogP contribution < -0.4 is 5.73 Å². The zero-order valence-corrected chi connectivity index (χ0v) is 11.1. The Morgan fingerprint density at radius 2 is 2.11 bits per heavy atom. The van der Waals surface area contributed by atoms with Gasteiger partial charge in [0.1, 0.15) is 17.3 Å². The molecule has 2 heterocycles. The Bertz CT molecular complexity index is 574. The minimum atomic E-state index is 0.387. The van der Waals surface area contributed by atoms with E-state index in [1.54, 1.807) is 4.68 Å². The van der Waals surface area contributed by atoms with E-state index < -0.39 is 0 Å². The highest BCUT2D eigenvalue weighted by atomic mass is 15.2. The maximum absolute atomic E-state index is 6.29. The van der Waals surface area contributed by atoms with Gasteiger partial charge in [0.05, 0.1) is 6.20 Å². The number of imidazole rings is 1. The van der Waals surface area contributed by atoms with Crippen LogP contribution in [0.3, 0.4) is 0 Å². The molecular weight excluding hydrogens is 226 g/mol. The lowest BCUT2D eigenvalue weighted by molar-refractivity contribution is 0.646. The number of nitrogens with two attached hydrogens (primary N) is 1. The van der Waals surface area contributed by atoms with Gasteiger partial charge in [-0.2, -0.15) is 5.10 Å². The fraction of sp³-hybridized carbons (Fsp3) is 0.538. The predicted molar refractivity (Wildman–Crippen MR) is 71.2 cm³/mol. The van der Waals surface area contributed by atoms with E-state index >= 15 is 0 Å². The lowest BCUT2D eigenvalue weighted by Crippen LogP contribution is -2.06. The third kappa shape index (κ3) is 1.70. The van der Waals surface area contributed by atoms with Crippen molar-refractivity contribution in [2.75, 3.05) is 5.73 Å². The molecule has 2 aromatic rings. The Labute approximate surface area is 107 Å². The number of nitrogens with zero attached hydrogens (tertiary/aromatic N) is 4. The van der Waals surface area contributed by atoms with Crippen LogP contribution in [0.2, 0.25) is 0 Å². The summed E-state index contributed by atoms with van der Waals surface area (Å²) in [5.74, 6) is 2.27. The Balaban J connectivity index is 2.13. The Hall–Kier alpha value is -1.78. The monoisotopic (exact) mass is 245 g/mol. The molecule has 0 aliphatic heterocycles. The summed E-state index contributed by atoms with van der Waals surface area (Å²) in [7, 11) is 1.90. The maximum Gasteiger partial charge on any atom is 0.132 e. The molecule has 0 bridgehead atoms. The number of aromatic nitrogens is 4.